The molecule has 0 bridgehead atoms. The summed E-state index contributed by atoms with van der Waals surface area (Å²) in [5.74, 6) is -1.71. The maximum absolute atomic E-state index is 10.7. The summed E-state index contributed by atoms with van der Waals surface area (Å²) in [6.45, 7) is -0.108. The van der Waals surface area contributed by atoms with Gasteiger partial charge < -0.3 is 19.5 Å². The molecular formula is C7H11NO7S. The number of amides is 1. The van der Waals surface area contributed by atoms with Gasteiger partial charge in [0.25, 0.3) is 0 Å². The van der Waals surface area contributed by atoms with E-state index in [1.165, 1.54) is 0 Å². The Kier molecular flexibility index (Phi) is 4.21. The first kappa shape index (κ1) is 12.9. The summed E-state index contributed by atoms with van der Waals surface area (Å²) in [5, 5.41) is 17.5. The van der Waals surface area contributed by atoms with Gasteiger partial charge in [0.2, 0.25) is 0 Å². The largest absolute Gasteiger partial charge is 0.480 e. The van der Waals surface area contributed by atoms with Gasteiger partial charge in [-0.2, -0.15) is 0 Å². The Balaban J connectivity index is 2.58. The zero-order chi connectivity index (χ0) is 12.3. The topological polar surface area (TPSA) is 124 Å². The zero-order valence-electron chi connectivity index (χ0n) is 8.11. The van der Waals surface area contributed by atoms with Crippen LogP contribution in [0.4, 0.5) is 4.79 Å². The molecule has 1 saturated heterocycles. The highest BCUT2D eigenvalue weighted by molar-refractivity contribution is 7.79. The fraction of sp³-hybridized carbons (Fsp3) is 0.714. The minimum Gasteiger partial charge on any atom is -0.480 e. The normalized spacial score (nSPS) is 26.7. The molecule has 1 aliphatic heterocycles. The maximum atomic E-state index is 10.7. The Bertz CT molecular complexity index is 298. The first-order chi connectivity index (χ1) is 7.41. The van der Waals surface area contributed by atoms with Crippen molar-refractivity contribution in [2.75, 3.05) is 12.5 Å². The lowest BCUT2D eigenvalue weighted by atomic mass is 10.2. The molecule has 0 aromatic heterocycles. The number of nitrogens with zero attached hydrogens (tertiary/aromatic N) is 1. The Labute approximate surface area is 93.1 Å². The van der Waals surface area contributed by atoms with Gasteiger partial charge in [-0.15, -0.1) is 0 Å². The smallest absolute Gasteiger partial charge is 0.408 e. The van der Waals surface area contributed by atoms with Crippen LogP contribution in [-0.2, 0) is 20.6 Å². The van der Waals surface area contributed by atoms with Crippen LogP contribution in [0, 0.1) is 0 Å². The van der Waals surface area contributed by atoms with E-state index in [1.54, 1.807) is 0 Å². The Morgan fingerprint density at radius 1 is 1.44 bits per heavy atom. The molecule has 3 N–H and O–H groups in total. The molecule has 1 rings (SSSR count). The second kappa shape index (κ2) is 5.23. The Morgan fingerprint density at radius 2 is 2.06 bits per heavy atom. The molecule has 3 atom stereocenters. The minimum absolute atomic E-state index is 0.0150. The van der Waals surface area contributed by atoms with E-state index in [9.17, 15) is 13.8 Å². The average molecular weight is 253 g/mol. The van der Waals surface area contributed by atoms with E-state index in [0.29, 0.717) is 0 Å². The molecule has 9 heteroatoms. The molecule has 0 aromatic rings. The molecule has 0 saturated carbocycles. The van der Waals surface area contributed by atoms with Crippen LogP contribution in [0.25, 0.3) is 0 Å². The van der Waals surface area contributed by atoms with E-state index in [4.69, 9.17) is 19.5 Å². The number of ether oxygens (including phenoxy) is 1. The third-order valence-corrected chi connectivity index (χ3v) is 2.54. The zero-order valence-corrected chi connectivity index (χ0v) is 8.92. The molecule has 1 heterocycles. The minimum atomic E-state index is -2.14. The average Bonchev–Trinajstić information content (AvgIpc) is 2.58. The van der Waals surface area contributed by atoms with Gasteiger partial charge >= 0.3 is 12.1 Å². The molecule has 16 heavy (non-hydrogen) atoms. The molecule has 1 amide bonds. The summed E-state index contributed by atoms with van der Waals surface area (Å²) in [4.78, 5) is 22.2. The summed E-state index contributed by atoms with van der Waals surface area (Å²) < 4.78 is 23.7. The van der Waals surface area contributed by atoms with Crippen molar-refractivity contribution in [2.45, 2.75) is 18.6 Å². The Hall–Kier alpha value is -1.19. The van der Waals surface area contributed by atoms with Crippen molar-refractivity contribution < 1.29 is 33.3 Å². The van der Waals surface area contributed by atoms with Crippen LogP contribution in [0.2, 0.25) is 0 Å². The van der Waals surface area contributed by atoms with Gasteiger partial charge in [0.1, 0.15) is 12.0 Å². The standard InChI is InChI=1S/C7H11NO7S/c9-6(10)5-1-4(15-3-16(13)14)2-8(5)7(11)12/h4-5H,1-3H2,(H,9,10)(H,11,12)(H,13,14)/t4-,5-/m0/s1. The number of carboxylic acid groups (broad SMARTS) is 2. The predicted octanol–water partition coefficient (Wildman–Crippen LogP) is -0.612. The van der Waals surface area contributed by atoms with Crippen LogP contribution in [0.1, 0.15) is 6.42 Å². The first-order valence-corrected chi connectivity index (χ1v) is 5.61. The number of likely N-dealkylation sites (tertiary alicyclic amines) is 1. The number of carboxylic acids is 1. The fourth-order valence-corrected chi connectivity index (χ4v) is 1.83. The number of rotatable bonds is 4. The van der Waals surface area contributed by atoms with E-state index < -0.39 is 41.2 Å². The van der Waals surface area contributed by atoms with Gasteiger partial charge in [-0.05, 0) is 0 Å². The number of carbonyl (C=O) groups is 2. The number of hydrogen-bond donors (Lipinski definition) is 3. The van der Waals surface area contributed by atoms with E-state index >= 15 is 0 Å². The quantitative estimate of drug-likeness (QED) is 0.570. The highest BCUT2D eigenvalue weighted by Gasteiger charge is 2.40. The highest BCUT2D eigenvalue weighted by Crippen LogP contribution is 2.20. The number of hydrogen-bond acceptors (Lipinski definition) is 4. The van der Waals surface area contributed by atoms with Gasteiger partial charge in [-0.25, -0.2) is 13.8 Å². The van der Waals surface area contributed by atoms with E-state index in [2.05, 4.69) is 0 Å². The van der Waals surface area contributed by atoms with Crippen LogP contribution in [-0.4, -0.2) is 60.6 Å². The molecule has 1 fully saturated rings. The van der Waals surface area contributed by atoms with Crippen molar-refractivity contribution >= 4 is 23.1 Å². The first-order valence-electron chi connectivity index (χ1n) is 4.33. The van der Waals surface area contributed by atoms with Crippen molar-refractivity contribution in [1.29, 1.82) is 0 Å². The van der Waals surface area contributed by atoms with E-state index in [1.807, 2.05) is 0 Å². The summed E-state index contributed by atoms with van der Waals surface area (Å²) >= 11 is -2.14. The molecule has 0 aliphatic carbocycles. The van der Waals surface area contributed by atoms with Gasteiger partial charge in [0, 0.05) is 6.42 Å². The van der Waals surface area contributed by atoms with Crippen molar-refractivity contribution in [3.8, 4) is 0 Å². The van der Waals surface area contributed by atoms with E-state index in [0.717, 1.165) is 4.90 Å². The second-order valence-electron chi connectivity index (χ2n) is 3.25. The van der Waals surface area contributed by atoms with Gasteiger partial charge in [0.05, 0.1) is 12.6 Å². The Morgan fingerprint density at radius 3 is 2.44 bits per heavy atom. The van der Waals surface area contributed by atoms with Crippen molar-refractivity contribution in [3.63, 3.8) is 0 Å². The summed E-state index contributed by atoms with van der Waals surface area (Å²) in [5.41, 5.74) is 0. The van der Waals surface area contributed by atoms with Crippen molar-refractivity contribution in [1.82, 2.24) is 4.90 Å². The maximum Gasteiger partial charge on any atom is 0.408 e. The van der Waals surface area contributed by atoms with E-state index in [-0.39, 0.29) is 13.0 Å². The lowest BCUT2D eigenvalue weighted by Gasteiger charge is -2.16. The summed E-state index contributed by atoms with van der Waals surface area (Å²) in [7, 11) is 0. The molecule has 1 aliphatic rings. The van der Waals surface area contributed by atoms with Crippen LogP contribution in [0.5, 0.6) is 0 Å². The number of aliphatic carboxylic acids is 1. The molecule has 0 spiro atoms. The molecule has 1 unspecified atom stereocenters. The van der Waals surface area contributed by atoms with Crippen molar-refractivity contribution in [2.24, 2.45) is 0 Å². The molecule has 0 radical (unpaired) electrons. The van der Waals surface area contributed by atoms with Crippen molar-refractivity contribution in [3.05, 3.63) is 0 Å². The van der Waals surface area contributed by atoms with Crippen LogP contribution >= 0.6 is 0 Å². The fourth-order valence-electron chi connectivity index (χ4n) is 1.52. The third-order valence-electron chi connectivity index (χ3n) is 2.20. The SMILES string of the molecule is O=C(O)[C@@H]1C[C@H](OCS(=O)O)CN1C(=O)O. The monoisotopic (exact) mass is 253 g/mol. The predicted molar refractivity (Wildman–Crippen MR) is 51.3 cm³/mol. The molecule has 8 nitrogen and oxygen atoms in total. The summed E-state index contributed by atoms with van der Waals surface area (Å²) in [6, 6.07) is -1.16. The lowest BCUT2D eigenvalue weighted by Crippen LogP contribution is -2.39. The molecular weight excluding hydrogens is 242 g/mol. The second-order valence-corrected chi connectivity index (χ2v) is 4.13. The summed E-state index contributed by atoms with van der Waals surface area (Å²) in [6.07, 6.45) is -2.02. The van der Waals surface area contributed by atoms with Gasteiger partial charge in [-0.3, -0.25) is 4.90 Å². The third kappa shape index (κ3) is 3.15. The van der Waals surface area contributed by atoms with Crippen LogP contribution < -0.4 is 0 Å². The van der Waals surface area contributed by atoms with Crippen LogP contribution in [0.15, 0.2) is 0 Å². The molecule has 92 valence electrons. The van der Waals surface area contributed by atoms with Gasteiger partial charge in [0.15, 0.2) is 11.1 Å². The highest BCUT2D eigenvalue weighted by atomic mass is 32.2. The van der Waals surface area contributed by atoms with Crippen LogP contribution in [0.3, 0.4) is 0 Å². The molecule has 0 aromatic carbocycles. The lowest BCUT2D eigenvalue weighted by molar-refractivity contribution is -0.141. The van der Waals surface area contributed by atoms with Gasteiger partial charge in [-0.1, -0.05) is 0 Å².